The third-order valence-electron chi connectivity index (χ3n) is 1.57. The Balaban J connectivity index is 0.000000671. The molecule has 0 bridgehead atoms. The normalized spacial score (nSPS) is 8.38. The summed E-state index contributed by atoms with van der Waals surface area (Å²) in [5.74, 6) is 0.899. The predicted octanol–water partition coefficient (Wildman–Crippen LogP) is 2.79. The molecule has 2 nitrogen and oxygen atoms in total. The molecular formula is C11H19NO. The van der Waals surface area contributed by atoms with Crippen molar-refractivity contribution in [2.45, 2.75) is 13.8 Å². The maximum Gasteiger partial charge on any atom is 0.120 e. The summed E-state index contributed by atoms with van der Waals surface area (Å²) in [5, 5.41) is 0. The van der Waals surface area contributed by atoms with Gasteiger partial charge in [-0.05, 0) is 12.1 Å². The average molecular weight is 181 g/mol. The van der Waals surface area contributed by atoms with Gasteiger partial charge in [0.15, 0.2) is 0 Å². The molecule has 13 heavy (non-hydrogen) atoms. The minimum atomic E-state index is 0.899. The van der Waals surface area contributed by atoms with Crippen LogP contribution in [0.1, 0.15) is 13.8 Å². The topological polar surface area (TPSA) is 12.5 Å². The quantitative estimate of drug-likeness (QED) is 0.695. The van der Waals surface area contributed by atoms with Crippen molar-refractivity contribution in [3.8, 4) is 5.75 Å². The van der Waals surface area contributed by atoms with E-state index in [0.717, 1.165) is 11.4 Å². The highest BCUT2D eigenvalue weighted by atomic mass is 16.5. The zero-order valence-electron chi connectivity index (χ0n) is 9.16. The maximum atomic E-state index is 5.08. The molecule has 0 saturated heterocycles. The number of hydrogen-bond acceptors (Lipinski definition) is 2. The molecule has 1 aromatic carbocycles. The van der Waals surface area contributed by atoms with Crippen molar-refractivity contribution >= 4 is 5.69 Å². The third kappa shape index (κ3) is 3.83. The zero-order valence-corrected chi connectivity index (χ0v) is 9.16. The van der Waals surface area contributed by atoms with E-state index < -0.39 is 0 Å². The molecule has 0 aliphatic carbocycles. The highest BCUT2D eigenvalue weighted by Crippen LogP contribution is 2.18. The average Bonchev–Trinajstić information content (AvgIpc) is 2.21. The Labute approximate surface area is 81.1 Å². The second-order valence-electron chi connectivity index (χ2n) is 2.60. The van der Waals surface area contributed by atoms with Crippen LogP contribution in [-0.2, 0) is 0 Å². The van der Waals surface area contributed by atoms with E-state index in [1.165, 1.54) is 0 Å². The number of hydrogen-bond donors (Lipinski definition) is 0. The Morgan fingerprint density at radius 2 is 1.77 bits per heavy atom. The number of ether oxygens (including phenoxy) is 1. The summed E-state index contributed by atoms with van der Waals surface area (Å²) in [6.07, 6.45) is 0. The lowest BCUT2D eigenvalue weighted by Crippen LogP contribution is -2.08. The van der Waals surface area contributed by atoms with E-state index in [9.17, 15) is 0 Å². The van der Waals surface area contributed by atoms with Crippen LogP contribution in [0.4, 0.5) is 5.69 Å². The first-order valence-electron chi connectivity index (χ1n) is 4.55. The molecule has 0 atom stereocenters. The number of anilines is 1. The summed E-state index contributed by atoms with van der Waals surface area (Å²) in [4.78, 5) is 2.04. The standard InChI is InChI=1S/C9H13NO.C2H6/c1-10(2)8-5-4-6-9(7-8)11-3;1-2/h4-7H,1-3H3;1-2H3. The van der Waals surface area contributed by atoms with Gasteiger partial charge in [-0.3, -0.25) is 0 Å². The second-order valence-corrected chi connectivity index (χ2v) is 2.60. The van der Waals surface area contributed by atoms with Crippen LogP contribution < -0.4 is 9.64 Å². The van der Waals surface area contributed by atoms with Crippen molar-refractivity contribution in [2.75, 3.05) is 26.1 Å². The van der Waals surface area contributed by atoms with Gasteiger partial charge in [0.2, 0.25) is 0 Å². The van der Waals surface area contributed by atoms with E-state index in [0.29, 0.717) is 0 Å². The van der Waals surface area contributed by atoms with Crippen LogP contribution in [0.2, 0.25) is 0 Å². The molecule has 0 aliphatic rings. The maximum absolute atomic E-state index is 5.08. The minimum Gasteiger partial charge on any atom is -0.497 e. The molecule has 1 aromatic rings. The summed E-state index contributed by atoms with van der Waals surface area (Å²) in [6.45, 7) is 4.00. The van der Waals surface area contributed by atoms with Crippen molar-refractivity contribution in [3.63, 3.8) is 0 Å². The van der Waals surface area contributed by atoms with Gasteiger partial charge >= 0.3 is 0 Å². The van der Waals surface area contributed by atoms with E-state index in [1.807, 2.05) is 57.1 Å². The SMILES string of the molecule is CC.COc1cccc(N(C)C)c1. The molecule has 0 heterocycles. The minimum absolute atomic E-state index is 0.899. The van der Waals surface area contributed by atoms with Crippen molar-refractivity contribution in [1.29, 1.82) is 0 Å². The molecule has 0 aliphatic heterocycles. The van der Waals surface area contributed by atoms with Crippen LogP contribution in [0.25, 0.3) is 0 Å². The number of methoxy groups -OCH3 is 1. The van der Waals surface area contributed by atoms with Crippen LogP contribution in [0.15, 0.2) is 24.3 Å². The van der Waals surface area contributed by atoms with Crippen LogP contribution in [0.5, 0.6) is 5.75 Å². The van der Waals surface area contributed by atoms with E-state index in [1.54, 1.807) is 7.11 Å². The van der Waals surface area contributed by atoms with E-state index in [-0.39, 0.29) is 0 Å². The molecule has 0 unspecified atom stereocenters. The lowest BCUT2D eigenvalue weighted by Gasteiger charge is -2.12. The first-order chi connectivity index (χ1) is 6.24. The third-order valence-corrected chi connectivity index (χ3v) is 1.57. The molecule has 1 rings (SSSR count). The molecule has 0 fully saturated rings. The van der Waals surface area contributed by atoms with Crippen LogP contribution in [-0.4, -0.2) is 21.2 Å². The van der Waals surface area contributed by atoms with Gasteiger partial charge in [-0.2, -0.15) is 0 Å². The Morgan fingerprint density at radius 3 is 2.23 bits per heavy atom. The number of nitrogens with zero attached hydrogens (tertiary/aromatic N) is 1. The van der Waals surface area contributed by atoms with Gasteiger partial charge in [-0.25, -0.2) is 0 Å². The fraction of sp³-hybridized carbons (Fsp3) is 0.455. The molecule has 0 aromatic heterocycles. The molecule has 0 spiro atoms. The van der Waals surface area contributed by atoms with Crippen molar-refractivity contribution < 1.29 is 4.74 Å². The molecule has 0 N–H and O–H groups in total. The van der Waals surface area contributed by atoms with Crippen LogP contribution >= 0.6 is 0 Å². The van der Waals surface area contributed by atoms with Gasteiger partial charge in [0, 0.05) is 25.8 Å². The van der Waals surface area contributed by atoms with Gasteiger partial charge in [0.05, 0.1) is 7.11 Å². The van der Waals surface area contributed by atoms with Gasteiger partial charge < -0.3 is 9.64 Å². The second kappa shape index (κ2) is 6.35. The van der Waals surface area contributed by atoms with Gasteiger partial charge in [-0.15, -0.1) is 0 Å². The largest absolute Gasteiger partial charge is 0.497 e. The molecule has 0 saturated carbocycles. The Bertz CT molecular complexity index is 233. The highest BCUT2D eigenvalue weighted by molar-refractivity contribution is 5.49. The molecule has 74 valence electrons. The molecular weight excluding hydrogens is 162 g/mol. The number of rotatable bonds is 2. The van der Waals surface area contributed by atoms with Gasteiger partial charge in [-0.1, -0.05) is 19.9 Å². The van der Waals surface area contributed by atoms with E-state index in [2.05, 4.69) is 0 Å². The zero-order chi connectivity index (χ0) is 10.3. The molecule has 2 heteroatoms. The number of benzene rings is 1. The fourth-order valence-corrected chi connectivity index (χ4v) is 0.889. The summed E-state index contributed by atoms with van der Waals surface area (Å²) < 4.78 is 5.08. The fourth-order valence-electron chi connectivity index (χ4n) is 0.889. The lowest BCUT2D eigenvalue weighted by molar-refractivity contribution is 0.415. The summed E-state index contributed by atoms with van der Waals surface area (Å²) in [5.41, 5.74) is 1.16. The Morgan fingerprint density at radius 1 is 1.15 bits per heavy atom. The molecule has 0 radical (unpaired) electrons. The highest BCUT2D eigenvalue weighted by Gasteiger charge is 1.95. The summed E-state index contributed by atoms with van der Waals surface area (Å²) in [7, 11) is 5.69. The smallest absolute Gasteiger partial charge is 0.120 e. The van der Waals surface area contributed by atoms with Gasteiger partial charge in [0.25, 0.3) is 0 Å². The molecule has 0 amide bonds. The van der Waals surface area contributed by atoms with Crippen LogP contribution in [0, 0.1) is 0 Å². The summed E-state index contributed by atoms with van der Waals surface area (Å²) in [6, 6.07) is 7.96. The summed E-state index contributed by atoms with van der Waals surface area (Å²) >= 11 is 0. The van der Waals surface area contributed by atoms with Crippen molar-refractivity contribution in [3.05, 3.63) is 24.3 Å². The van der Waals surface area contributed by atoms with Crippen molar-refractivity contribution in [2.24, 2.45) is 0 Å². The Hall–Kier alpha value is -1.18. The van der Waals surface area contributed by atoms with E-state index >= 15 is 0 Å². The monoisotopic (exact) mass is 181 g/mol. The first-order valence-corrected chi connectivity index (χ1v) is 4.55. The van der Waals surface area contributed by atoms with E-state index in [4.69, 9.17) is 4.74 Å². The lowest BCUT2D eigenvalue weighted by atomic mass is 10.3. The van der Waals surface area contributed by atoms with Crippen LogP contribution in [0.3, 0.4) is 0 Å². The van der Waals surface area contributed by atoms with Gasteiger partial charge in [0.1, 0.15) is 5.75 Å². The predicted molar refractivity (Wildman–Crippen MR) is 58.7 cm³/mol. The first kappa shape index (κ1) is 11.8. The van der Waals surface area contributed by atoms with Crippen molar-refractivity contribution in [1.82, 2.24) is 0 Å². The Kier molecular flexibility index (Phi) is 5.77.